The molecular weight excluding hydrogens is 208 g/mol. The van der Waals surface area contributed by atoms with Crippen molar-refractivity contribution in [3.63, 3.8) is 0 Å². The lowest BCUT2D eigenvalue weighted by Gasteiger charge is -2.17. The molecule has 0 spiro atoms. The molecule has 1 aromatic rings. The van der Waals surface area contributed by atoms with Crippen LogP contribution in [-0.2, 0) is 11.2 Å². The van der Waals surface area contributed by atoms with Gasteiger partial charge in [-0.05, 0) is 25.0 Å². The van der Waals surface area contributed by atoms with E-state index in [-0.39, 0.29) is 0 Å². The number of carboxylic acids is 1. The van der Waals surface area contributed by atoms with Gasteiger partial charge < -0.3 is 15.3 Å². The lowest BCUT2D eigenvalue weighted by molar-refractivity contribution is -0.146. The molecule has 1 aromatic carbocycles. The Hall–Kier alpha value is -1.39. The van der Waals surface area contributed by atoms with Crippen LogP contribution in [0.2, 0.25) is 0 Å². The van der Waals surface area contributed by atoms with Gasteiger partial charge in [0.1, 0.15) is 0 Å². The molecule has 0 saturated carbocycles. The van der Waals surface area contributed by atoms with Gasteiger partial charge in [0.2, 0.25) is 0 Å². The topological polar surface area (TPSA) is 77.8 Å². The van der Waals surface area contributed by atoms with E-state index in [0.29, 0.717) is 12.0 Å². The zero-order chi connectivity index (χ0) is 12.3. The predicted octanol–water partition coefficient (Wildman–Crippen LogP) is 1.12. The summed E-state index contributed by atoms with van der Waals surface area (Å²) in [6, 6.07) is 6.60. The van der Waals surface area contributed by atoms with Crippen LogP contribution >= 0.6 is 0 Å². The molecule has 16 heavy (non-hydrogen) atoms. The summed E-state index contributed by atoms with van der Waals surface area (Å²) in [6.45, 7) is 3.35. The van der Waals surface area contributed by atoms with Gasteiger partial charge in [-0.25, -0.2) is 4.79 Å². The minimum atomic E-state index is -1.51. The van der Waals surface area contributed by atoms with Gasteiger partial charge in [-0.1, -0.05) is 24.3 Å². The lowest BCUT2D eigenvalue weighted by atomic mass is 9.96. The zero-order valence-electron chi connectivity index (χ0n) is 9.34. The number of aliphatic carboxylic acids is 1. The molecule has 0 bridgehead atoms. The highest BCUT2D eigenvalue weighted by atomic mass is 16.4. The van der Waals surface area contributed by atoms with Crippen molar-refractivity contribution in [2.24, 2.45) is 0 Å². The second kappa shape index (κ2) is 4.63. The molecular formula is C12H16O4. The van der Waals surface area contributed by atoms with Crippen LogP contribution < -0.4 is 0 Å². The summed E-state index contributed by atoms with van der Waals surface area (Å²) in [6.07, 6.45) is -1.10. The first-order valence-electron chi connectivity index (χ1n) is 5.02. The van der Waals surface area contributed by atoms with E-state index in [1.54, 1.807) is 38.1 Å². The van der Waals surface area contributed by atoms with Crippen LogP contribution in [0.3, 0.4) is 0 Å². The molecule has 0 saturated heterocycles. The maximum absolute atomic E-state index is 10.6. The third-order valence-corrected chi connectivity index (χ3v) is 2.14. The van der Waals surface area contributed by atoms with Crippen LogP contribution in [0.15, 0.2) is 24.3 Å². The number of carboxylic acid groups (broad SMARTS) is 1. The van der Waals surface area contributed by atoms with Gasteiger partial charge in [0, 0.05) is 6.42 Å². The van der Waals surface area contributed by atoms with Crippen LogP contribution in [-0.4, -0.2) is 26.9 Å². The average molecular weight is 224 g/mol. The summed E-state index contributed by atoms with van der Waals surface area (Å²) in [5.41, 5.74) is 0.270. The van der Waals surface area contributed by atoms with Crippen LogP contribution in [0.25, 0.3) is 0 Å². The Morgan fingerprint density at radius 3 is 2.56 bits per heavy atom. The highest BCUT2D eigenvalue weighted by Gasteiger charge is 2.18. The van der Waals surface area contributed by atoms with Crippen LogP contribution in [0, 0.1) is 0 Å². The van der Waals surface area contributed by atoms with Crippen molar-refractivity contribution in [3.05, 3.63) is 35.4 Å². The van der Waals surface area contributed by atoms with Crippen molar-refractivity contribution in [3.8, 4) is 0 Å². The van der Waals surface area contributed by atoms with Gasteiger partial charge in [0.15, 0.2) is 6.10 Å². The number of carbonyl (C=O) groups is 1. The molecule has 0 aliphatic carbocycles. The van der Waals surface area contributed by atoms with Crippen molar-refractivity contribution >= 4 is 5.97 Å². The second-order valence-electron chi connectivity index (χ2n) is 4.48. The number of benzene rings is 1. The normalized spacial score (nSPS) is 13.5. The number of aliphatic hydroxyl groups is 2. The molecule has 0 aliphatic heterocycles. The van der Waals surface area contributed by atoms with Gasteiger partial charge in [-0.3, -0.25) is 0 Å². The number of aliphatic hydroxyl groups excluding tert-OH is 1. The fraction of sp³-hybridized carbons (Fsp3) is 0.417. The molecule has 3 N–H and O–H groups in total. The molecule has 0 aromatic heterocycles. The van der Waals surface area contributed by atoms with E-state index in [2.05, 4.69) is 0 Å². The zero-order valence-corrected chi connectivity index (χ0v) is 9.34. The standard InChI is InChI=1S/C12H16O4/c1-12(2,16)7-8-4-3-5-9(6-8)10(13)11(14)15/h3-6,10,13,16H,7H2,1-2H3,(H,14,15). The summed E-state index contributed by atoms with van der Waals surface area (Å²) < 4.78 is 0. The van der Waals surface area contributed by atoms with Gasteiger partial charge in [-0.15, -0.1) is 0 Å². The first-order chi connectivity index (χ1) is 7.29. The Bertz CT molecular complexity index is 379. The Morgan fingerprint density at radius 2 is 2.06 bits per heavy atom. The van der Waals surface area contributed by atoms with E-state index in [0.717, 1.165) is 5.56 Å². The molecule has 1 atom stereocenters. The Balaban J connectivity index is 2.91. The van der Waals surface area contributed by atoms with E-state index >= 15 is 0 Å². The Morgan fingerprint density at radius 1 is 1.44 bits per heavy atom. The van der Waals surface area contributed by atoms with Crippen molar-refractivity contribution < 1.29 is 20.1 Å². The molecule has 1 rings (SSSR count). The van der Waals surface area contributed by atoms with E-state index in [4.69, 9.17) is 5.11 Å². The van der Waals surface area contributed by atoms with Gasteiger partial charge >= 0.3 is 5.97 Å². The average Bonchev–Trinajstić information content (AvgIpc) is 2.14. The summed E-state index contributed by atoms with van der Waals surface area (Å²) in [5.74, 6) is -1.28. The Kier molecular flexibility index (Phi) is 3.67. The van der Waals surface area contributed by atoms with Gasteiger partial charge in [-0.2, -0.15) is 0 Å². The molecule has 4 heteroatoms. The molecule has 4 nitrogen and oxygen atoms in total. The number of hydrogen-bond donors (Lipinski definition) is 3. The minimum Gasteiger partial charge on any atom is -0.479 e. The first-order valence-corrected chi connectivity index (χ1v) is 5.02. The van der Waals surface area contributed by atoms with Crippen molar-refractivity contribution in [1.29, 1.82) is 0 Å². The highest BCUT2D eigenvalue weighted by Crippen LogP contribution is 2.18. The molecule has 0 aliphatic rings. The predicted molar refractivity (Wildman–Crippen MR) is 59.0 cm³/mol. The van der Waals surface area contributed by atoms with Crippen LogP contribution in [0.5, 0.6) is 0 Å². The number of hydrogen-bond acceptors (Lipinski definition) is 3. The summed E-state index contributed by atoms with van der Waals surface area (Å²) in [5, 5.41) is 27.6. The quantitative estimate of drug-likeness (QED) is 0.716. The molecule has 0 fully saturated rings. The number of rotatable bonds is 4. The van der Waals surface area contributed by atoms with Gasteiger partial charge in [0.05, 0.1) is 5.60 Å². The third kappa shape index (κ3) is 3.64. The van der Waals surface area contributed by atoms with Crippen LogP contribution in [0.4, 0.5) is 0 Å². The maximum atomic E-state index is 10.6. The monoisotopic (exact) mass is 224 g/mol. The van der Waals surface area contributed by atoms with Crippen molar-refractivity contribution in [1.82, 2.24) is 0 Å². The third-order valence-electron chi connectivity index (χ3n) is 2.14. The fourth-order valence-electron chi connectivity index (χ4n) is 1.52. The van der Waals surface area contributed by atoms with Crippen molar-refractivity contribution in [2.75, 3.05) is 0 Å². The van der Waals surface area contributed by atoms with Crippen LogP contribution in [0.1, 0.15) is 31.1 Å². The molecule has 0 amide bonds. The van der Waals surface area contributed by atoms with E-state index in [1.807, 2.05) is 0 Å². The van der Waals surface area contributed by atoms with E-state index in [9.17, 15) is 15.0 Å². The summed E-state index contributed by atoms with van der Waals surface area (Å²) in [4.78, 5) is 10.6. The van der Waals surface area contributed by atoms with Gasteiger partial charge in [0.25, 0.3) is 0 Å². The summed E-state index contributed by atoms with van der Waals surface area (Å²) >= 11 is 0. The SMILES string of the molecule is CC(C)(O)Cc1cccc(C(O)C(=O)O)c1. The van der Waals surface area contributed by atoms with E-state index in [1.165, 1.54) is 0 Å². The Labute approximate surface area is 94.2 Å². The second-order valence-corrected chi connectivity index (χ2v) is 4.48. The fourth-order valence-corrected chi connectivity index (χ4v) is 1.52. The molecule has 0 heterocycles. The van der Waals surface area contributed by atoms with E-state index < -0.39 is 17.7 Å². The lowest BCUT2D eigenvalue weighted by Crippen LogP contribution is -2.22. The maximum Gasteiger partial charge on any atom is 0.337 e. The molecule has 1 unspecified atom stereocenters. The van der Waals surface area contributed by atoms with Crippen molar-refractivity contribution in [2.45, 2.75) is 32.0 Å². The molecule has 88 valence electrons. The highest BCUT2D eigenvalue weighted by molar-refractivity contribution is 5.74. The first kappa shape index (κ1) is 12.7. The molecule has 0 radical (unpaired) electrons. The smallest absolute Gasteiger partial charge is 0.337 e. The largest absolute Gasteiger partial charge is 0.479 e. The summed E-state index contributed by atoms with van der Waals surface area (Å²) in [7, 11) is 0. The minimum absolute atomic E-state index is 0.328.